The van der Waals surface area contributed by atoms with Gasteiger partial charge in [0.1, 0.15) is 0 Å². The fourth-order valence-electron chi connectivity index (χ4n) is 0.401. The van der Waals surface area contributed by atoms with Crippen molar-refractivity contribution in [3.63, 3.8) is 0 Å². The van der Waals surface area contributed by atoms with Crippen LogP contribution in [-0.4, -0.2) is 32.3 Å². The van der Waals surface area contributed by atoms with Gasteiger partial charge in [-0.25, -0.2) is 0 Å². The summed E-state index contributed by atoms with van der Waals surface area (Å²) >= 11 is 3.05. The molecule has 1 nitrogen and oxygen atoms in total. The molecule has 0 aliphatic carbocycles. The Balaban J connectivity index is 2.83. The number of pyridine rings is 1. The molecule has 8 heavy (non-hydrogen) atoms. The number of nitrogens with zero attached hydrogens (tertiary/aromatic N) is 1. The molecular formula is C5H5NSe2. The van der Waals surface area contributed by atoms with Crippen LogP contribution in [0.25, 0.3) is 0 Å². The van der Waals surface area contributed by atoms with Gasteiger partial charge in [-0.05, 0) is 0 Å². The topological polar surface area (TPSA) is 12.9 Å². The van der Waals surface area contributed by atoms with Gasteiger partial charge in [0, 0.05) is 0 Å². The van der Waals surface area contributed by atoms with E-state index in [0.29, 0.717) is 13.1 Å². The number of hydrogen-bond donors (Lipinski definition) is 0. The third kappa shape index (κ3) is 1.61. The molecule has 0 atom stereocenters. The second-order valence-corrected chi connectivity index (χ2v) is 4.51. The number of hydrogen-bond acceptors (Lipinski definition) is 1. The van der Waals surface area contributed by atoms with Crippen molar-refractivity contribution in [1.29, 1.82) is 0 Å². The van der Waals surface area contributed by atoms with Crippen molar-refractivity contribution in [3.05, 3.63) is 24.4 Å². The van der Waals surface area contributed by atoms with Crippen molar-refractivity contribution in [2.45, 2.75) is 0 Å². The second-order valence-electron chi connectivity index (χ2n) is 1.26. The molecule has 1 aromatic heterocycles. The Hall–Kier alpha value is 0.189. The van der Waals surface area contributed by atoms with Gasteiger partial charge < -0.3 is 0 Å². The van der Waals surface area contributed by atoms with E-state index >= 15 is 0 Å². The van der Waals surface area contributed by atoms with Gasteiger partial charge in [0.2, 0.25) is 0 Å². The molecule has 1 heterocycles. The van der Waals surface area contributed by atoms with Crippen LogP contribution in [0.4, 0.5) is 0 Å². The molecule has 42 valence electrons. The van der Waals surface area contributed by atoms with Gasteiger partial charge in [0.05, 0.1) is 0 Å². The van der Waals surface area contributed by atoms with Crippen LogP contribution in [-0.2, 0) is 0 Å². The van der Waals surface area contributed by atoms with Crippen molar-refractivity contribution in [1.82, 2.24) is 4.98 Å². The van der Waals surface area contributed by atoms with E-state index in [-0.39, 0.29) is 0 Å². The van der Waals surface area contributed by atoms with E-state index in [0.717, 1.165) is 0 Å². The van der Waals surface area contributed by atoms with Gasteiger partial charge in [0.15, 0.2) is 0 Å². The van der Waals surface area contributed by atoms with Gasteiger partial charge in [-0.3, -0.25) is 0 Å². The first-order chi connectivity index (χ1) is 3.93. The van der Waals surface area contributed by atoms with Crippen molar-refractivity contribution in [2.24, 2.45) is 0 Å². The molecule has 0 saturated carbocycles. The molecule has 3 heteroatoms. The summed E-state index contributed by atoms with van der Waals surface area (Å²) in [4.78, 5) is 4.11. The van der Waals surface area contributed by atoms with E-state index in [1.165, 1.54) is 4.59 Å². The summed E-state index contributed by atoms with van der Waals surface area (Å²) < 4.78 is 1.19. The van der Waals surface area contributed by atoms with Gasteiger partial charge in [-0.1, -0.05) is 0 Å². The molecule has 0 saturated heterocycles. The molecule has 0 N–H and O–H groups in total. The Morgan fingerprint density at radius 2 is 2.38 bits per heavy atom. The quantitative estimate of drug-likeness (QED) is 0.584. The third-order valence-corrected chi connectivity index (χ3v) is 3.67. The fourth-order valence-corrected chi connectivity index (χ4v) is 2.10. The van der Waals surface area contributed by atoms with E-state index in [9.17, 15) is 0 Å². The van der Waals surface area contributed by atoms with Crippen LogP contribution in [0.1, 0.15) is 0 Å². The van der Waals surface area contributed by atoms with Crippen LogP contribution in [0.15, 0.2) is 24.4 Å². The predicted molar refractivity (Wildman–Crippen MR) is 36.8 cm³/mol. The van der Waals surface area contributed by atoms with Crippen molar-refractivity contribution >= 4 is 31.9 Å². The first-order valence-electron chi connectivity index (χ1n) is 2.16. The zero-order chi connectivity index (χ0) is 5.82. The fraction of sp³-hybridized carbons (Fsp3) is 0. The summed E-state index contributed by atoms with van der Waals surface area (Å²) in [7, 11) is 0. The summed E-state index contributed by atoms with van der Waals surface area (Å²) in [5, 5.41) is 0. The van der Waals surface area contributed by atoms with E-state index in [2.05, 4.69) is 19.2 Å². The molecule has 0 aliphatic rings. The predicted octanol–water partition coefficient (Wildman–Crippen LogP) is -0.773. The zero-order valence-corrected chi connectivity index (χ0v) is 7.70. The average molecular weight is 237 g/mol. The minimum absolute atomic E-state index is 0.494. The summed E-state index contributed by atoms with van der Waals surface area (Å²) in [6.07, 6.45) is 1.82. The van der Waals surface area contributed by atoms with Crippen molar-refractivity contribution in [2.75, 3.05) is 0 Å². The third-order valence-electron chi connectivity index (χ3n) is 0.731. The normalized spacial score (nSPS) is 9.12. The Bertz CT molecular complexity index is 152. The number of rotatable bonds is 1. The monoisotopic (exact) mass is 239 g/mol. The molecule has 0 unspecified atom stereocenters. The molecule has 0 aromatic carbocycles. The van der Waals surface area contributed by atoms with Gasteiger partial charge >= 0.3 is 61.3 Å². The van der Waals surface area contributed by atoms with Crippen molar-refractivity contribution in [3.8, 4) is 0 Å². The van der Waals surface area contributed by atoms with E-state index in [1.54, 1.807) is 0 Å². The molecule has 0 bridgehead atoms. The SMILES string of the molecule is [SeH][Se]c1ccccn1. The summed E-state index contributed by atoms with van der Waals surface area (Å²) in [5.74, 6) is 0. The second kappa shape index (κ2) is 3.26. The Labute approximate surface area is 61.4 Å². The Kier molecular flexibility index (Phi) is 2.57. The first-order valence-corrected chi connectivity index (χ1v) is 7.76. The number of aromatic nitrogens is 1. The van der Waals surface area contributed by atoms with E-state index in [1.807, 2.05) is 24.4 Å². The summed E-state index contributed by atoms with van der Waals surface area (Å²) in [5.41, 5.74) is 0. The maximum absolute atomic E-state index is 4.11. The van der Waals surface area contributed by atoms with Crippen LogP contribution in [0, 0.1) is 0 Å². The van der Waals surface area contributed by atoms with Gasteiger partial charge in [0.25, 0.3) is 0 Å². The standard InChI is InChI=1S/C5H5NSe2/c7-8-5-3-1-2-4-6-5/h1-4,7H. The Morgan fingerprint density at radius 3 is 2.75 bits per heavy atom. The summed E-state index contributed by atoms with van der Waals surface area (Å²) in [6, 6.07) is 5.98. The molecule has 0 spiro atoms. The van der Waals surface area contributed by atoms with Crippen LogP contribution in [0.5, 0.6) is 0 Å². The maximum atomic E-state index is 4.11. The molecule has 0 aliphatic heterocycles. The van der Waals surface area contributed by atoms with Crippen LogP contribution in [0.2, 0.25) is 0 Å². The molecule has 0 fully saturated rings. The van der Waals surface area contributed by atoms with Gasteiger partial charge in [-0.15, -0.1) is 0 Å². The molecule has 1 aromatic rings. The molecule has 1 rings (SSSR count). The first kappa shape index (κ1) is 6.31. The van der Waals surface area contributed by atoms with Crippen LogP contribution in [0.3, 0.4) is 0 Å². The van der Waals surface area contributed by atoms with E-state index < -0.39 is 0 Å². The molecule has 0 amide bonds. The van der Waals surface area contributed by atoms with Crippen LogP contribution >= 0.6 is 0 Å². The summed E-state index contributed by atoms with van der Waals surface area (Å²) in [6.45, 7) is 0. The van der Waals surface area contributed by atoms with E-state index in [4.69, 9.17) is 0 Å². The molecule has 0 radical (unpaired) electrons. The van der Waals surface area contributed by atoms with Crippen molar-refractivity contribution < 1.29 is 0 Å². The van der Waals surface area contributed by atoms with Crippen LogP contribution < -0.4 is 4.59 Å². The zero-order valence-electron chi connectivity index (χ0n) is 4.11. The Morgan fingerprint density at radius 1 is 1.50 bits per heavy atom. The minimum atomic E-state index is 0.494. The average Bonchev–Trinajstić information content (AvgIpc) is 1.90. The molecular weight excluding hydrogens is 232 g/mol. The van der Waals surface area contributed by atoms with Gasteiger partial charge in [-0.2, -0.15) is 0 Å².